The lowest BCUT2D eigenvalue weighted by atomic mass is 10.3. The monoisotopic (exact) mass is 366 g/mol. The predicted molar refractivity (Wildman–Crippen MR) is 69.2 cm³/mol. The highest BCUT2D eigenvalue weighted by atomic mass is 35.5. The molecule has 1 heterocycles. The van der Waals surface area contributed by atoms with Gasteiger partial charge in [0.2, 0.25) is 5.82 Å². The molecule has 0 saturated carbocycles. The van der Waals surface area contributed by atoms with Crippen LogP contribution in [0.15, 0.2) is 4.90 Å². The van der Waals surface area contributed by atoms with Crippen LogP contribution in [0.25, 0.3) is 11.0 Å². The molecule has 0 atom stereocenters. The number of halogens is 6. The van der Waals surface area contributed by atoms with E-state index in [1.807, 2.05) is 4.98 Å². The summed E-state index contributed by atoms with van der Waals surface area (Å²) < 4.78 is 61.2. The maximum Gasteiger partial charge on any atom is 0.449 e. The van der Waals surface area contributed by atoms with Crippen molar-refractivity contribution >= 4 is 55.7 Å². The highest BCUT2D eigenvalue weighted by Gasteiger charge is 2.37. The first-order chi connectivity index (χ1) is 8.94. The highest BCUT2D eigenvalue weighted by Crippen LogP contribution is 2.42. The van der Waals surface area contributed by atoms with Crippen LogP contribution in [0.4, 0.5) is 13.2 Å². The average Bonchev–Trinajstić information content (AvgIpc) is 2.68. The fraction of sp³-hybridized carbons (Fsp3) is 0.222. The van der Waals surface area contributed by atoms with Crippen LogP contribution in [0.1, 0.15) is 5.82 Å². The Balaban J connectivity index is 3.03. The van der Waals surface area contributed by atoms with Crippen LogP contribution < -0.4 is 0 Å². The van der Waals surface area contributed by atoms with Gasteiger partial charge in [0.1, 0.15) is 10.4 Å². The van der Waals surface area contributed by atoms with E-state index in [2.05, 4.69) is 4.98 Å². The third-order valence-corrected chi connectivity index (χ3v) is 4.94. The SMILES string of the molecule is CS(=O)(=O)c1c(Cl)c(Cl)c(Cl)c2[nH]c(C(F)(F)F)nc12. The number of alkyl halides is 3. The Morgan fingerprint density at radius 3 is 2.10 bits per heavy atom. The zero-order valence-corrected chi connectivity index (χ0v) is 12.5. The standard InChI is InChI=1S/C9H4Cl3F3N2O2S/c1-20(18,19)7-4(12)2(10)3(11)5-6(7)17-8(16-5)9(13,14)15/h1H3,(H,16,17). The molecular formula is C9H4Cl3F3N2O2S. The number of hydrogen-bond donors (Lipinski definition) is 1. The second-order valence-electron chi connectivity index (χ2n) is 3.85. The van der Waals surface area contributed by atoms with Crippen LogP contribution in [-0.4, -0.2) is 24.6 Å². The Bertz CT molecular complexity index is 814. The summed E-state index contributed by atoms with van der Waals surface area (Å²) in [6.45, 7) is 0. The minimum atomic E-state index is -4.80. The number of sulfone groups is 1. The van der Waals surface area contributed by atoms with Gasteiger partial charge in [-0.25, -0.2) is 13.4 Å². The number of aromatic amines is 1. The van der Waals surface area contributed by atoms with E-state index < -0.39 is 37.3 Å². The fourth-order valence-electron chi connectivity index (χ4n) is 1.58. The molecule has 0 aliphatic heterocycles. The van der Waals surface area contributed by atoms with Crippen molar-refractivity contribution in [2.75, 3.05) is 6.26 Å². The molecule has 0 spiro atoms. The maximum atomic E-state index is 12.6. The molecule has 1 N–H and O–H groups in total. The second-order valence-corrected chi connectivity index (χ2v) is 6.94. The number of H-pyrrole nitrogens is 1. The van der Waals surface area contributed by atoms with Crippen LogP contribution in [0, 0.1) is 0 Å². The van der Waals surface area contributed by atoms with Gasteiger partial charge in [0, 0.05) is 6.26 Å². The molecule has 4 nitrogen and oxygen atoms in total. The summed E-state index contributed by atoms with van der Waals surface area (Å²) in [6, 6.07) is 0. The summed E-state index contributed by atoms with van der Waals surface area (Å²) >= 11 is 17.3. The lowest BCUT2D eigenvalue weighted by Gasteiger charge is -2.06. The summed E-state index contributed by atoms with van der Waals surface area (Å²) in [5.41, 5.74) is -0.840. The van der Waals surface area contributed by atoms with E-state index in [0.717, 1.165) is 6.26 Å². The normalized spacial score (nSPS) is 13.2. The molecule has 0 unspecified atom stereocenters. The average molecular weight is 368 g/mol. The van der Waals surface area contributed by atoms with Gasteiger partial charge in [-0.3, -0.25) is 0 Å². The first kappa shape index (κ1) is 15.7. The number of nitrogens with zero attached hydrogens (tertiary/aromatic N) is 1. The molecule has 2 rings (SSSR count). The first-order valence-corrected chi connectivity index (χ1v) is 7.80. The van der Waals surface area contributed by atoms with E-state index in [1.165, 1.54) is 0 Å². The van der Waals surface area contributed by atoms with Gasteiger partial charge in [0.05, 0.1) is 20.6 Å². The minimum absolute atomic E-state index is 0.331. The maximum absolute atomic E-state index is 12.6. The fourth-order valence-corrected chi connectivity index (χ4v) is 3.63. The largest absolute Gasteiger partial charge is 0.449 e. The number of imidazole rings is 1. The van der Waals surface area contributed by atoms with Crippen molar-refractivity contribution < 1.29 is 21.6 Å². The zero-order chi connectivity index (χ0) is 15.5. The van der Waals surface area contributed by atoms with E-state index in [9.17, 15) is 21.6 Å². The van der Waals surface area contributed by atoms with Crippen molar-refractivity contribution in [2.45, 2.75) is 11.1 Å². The minimum Gasteiger partial charge on any atom is -0.333 e. The lowest BCUT2D eigenvalue weighted by molar-refractivity contribution is -0.144. The Labute approximate surface area is 125 Å². The second kappa shape index (κ2) is 4.66. The lowest BCUT2D eigenvalue weighted by Crippen LogP contribution is -2.07. The van der Waals surface area contributed by atoms with Crippen molar-refractivity contribution in [3.8, 4) is 0 Å². The van der Waals surface area contributed by atoms with Crippen LogP contribution in [0.2, 0.25) is 15.1 Å². The number of fused-ring (bicyclic) bond motifs is 1. The van der Waals surface area contributed by atoms with Crippen molar-refractivity contribution in [1.29, 1.82) is 0 Å². The van der Waals surface area contributed by atoms with Gasteiger partial charge in [-0.05, 0) is 0 Å². The Kier molecular flexibility index (Phi) is 3.65. The summed E-state index contributed by atoms with van der Waals surface area (Å²) in [5.74, 6) is -1.39. The van der Waals surface area contributed by atoms with E-state index in [-0.39, 0.29) is 15.6 Å². The van der Waals surface area contributed by atoms with Crippen LogP contribution in [0.3, 0.4) is 0 Å². The van der Waals surface area contributed by atoms with Gasteiger partial charge in [-0.1, -0.05) is 34.8 Å². The third-order valence-electron chi connectivity index (χ3n) is 2.36. The van der Waals surface area contributed by atoms with Crippen LogP contribution in [0.5, 0.6) is 0 Å². The van der Waals surface area contributed by atoms with Crippen molar-refractivity contribution in [2.24, 2.45) is 0 Å². The third kappa shape index (κ3) is 2.45. The van der Waals surface area contributed by atoms with Gasteiger partial charge < -0.3 is 4.98 Å². The Morgan fingerprint density at radius 1 is 1.10 bits per heavy atom. The Morgan fingerprint density at radius 2 is 1.65 bits per heavy atom. The van der Waals surface area contributed by atoms with Gasteiger partial charge >= 0.3 is 6.18 Å². The molecule has 20 heavy (non-hydrogen) atoms. The molecule has 0 aliphatic rings. The molecule has 0 bridgehead atoms. The molecule has 1 aromatic carbocycles. The topological polar surface area (TPSA) is 62.8 Å². The molecular weight excluding hydrogens is 364 g/mol. The summed E-state index contributed by atoms with van der Waals surface area (Å²) in [7, 11) is -3.96. The molecule has 0 saturated heterocycles. The van der Waals surface area contributed by atoms with Crippen LogP contribution >= 0.6 is 34.8 Å². The number of rotatable bonds is 1. The highest BCUT2D eigenvalue weighted by molar-refractivity contribution is 7.91. The summed E-state index contributed by atoms with van der Waals surface area (Å²) in [5, 5.41) is -1.16. The molecule has 11 heteroatoms. The summed E-state index contributed by atoms with van der Waals surface area (Å²) in [6.07, 6.45) is -4.02. The van der Waals surface area contributed by atoms with Crippen molar-refractivity contribution in [3.05, 3.63) is 20.9 Å². The van der Waals surface area contributed by atoms with Crippen molar-refractivity contribution in [3.63, 3.8) is 0 Å². The molecule has 0 radical (unpaired) electrons. The first-order valence-electron chi connectivity index (χ1n) is 4.78. The van der Waals surface area contributed by atoms with Gasteiger partial charge in [0.25, 0.3) is 0 Å². The van der Waals surface area contributed by atoms with Crippen LogP contribution in [-0.2, 0) is 16.0 Å². The van der Waals surface area contributed by atoms with E-state index in [1.54, 1.807) is 0 Å². The number of aromatic nitrogens is 2. The molecule has 2 aromatic rings. The van der Waals surface area contributed by atoms with E-state index >= 15 is 0 Å². The summed E-state index contributed by atoms with van der Waals surface area (Å²) in [4.78, 5) is 4.53. The quantitative estimate of drug-likeness (QED) is 0.776. The molecule has 0 aliphatic carbocycles. The van der Waals surface area contributed by atoms with Gasteiger partial charge in [-0.15, -0.1) is 0 Å². The number of benzene rings is 1. The Hall–Kier alpha value is -0.700. The molecule has 110 valence electrons. The molecule has 0 fully saturated rings. The number of hydrogen-bond acceptors (Lipinski definition) is 3. The molecule has 1 aromatic heterocycles. The van der Waals surface area contributed by atoms with Crippen molar-refractivity contribution in [1.82, 2.24) is 9.97 Å². The zero-order valence-electron chi connectivity index (χ0n) is 9.44. The van der Waals surface area contributed by atoms with Gasteiger partial charge in [0.15, 0.2) is 9.84 Å². The van der Waals surface area contributed by atoms with Gasteiger partial charge in [-0.2, -0.15) is 13.2 Å². The smallest absolute Gasteiger partial charge is 0.333 e. The predicted octanol–water partition coefficient (Wildman–Crippen LogP) is 3.95. The number of nitrogens with one attached hydrogen (secondary N) is 1. The molecule has 0 amide bonds. The van der Waals surface area contributed by atoms with E-state index in [0.29, 0.717) is 0 Å². The van der Waals surface area contributed by atoms with E-state index in [4.69, 9.17) is 34.8 Å².